The number of ether oxygens (including phenoxy) is 3. The highest BCUT2D eigenvalue weighted by Gasteiger charge is 2.42. The van der Waals surface area contributed by atoms with E-state index in [1.165, 1.54) is 0 Å². The maximum atomic E-state index is 13.8. The van der Waals surface area contributed by atoms with E-state index >= 15 is 0 Å². The van der Waals surface area contributed by atoms with E-state index in [9.17, 15) is 9.59 Å². The van der Waals surface area contributed by atoms with Crippen LogP contribution in [-0.4, -0.2) is 82.5 Å². The van der Waals surface area contributed by atoms with E-state index in [2.05, 4.69) is 28.7 Å². The number of rotatable bonds is 9. The Labute approximate surface area is 213 Å². The van der Waals surface area contributed by atoms with Crippen molar-refractivity contribution in [2.24, 2.45) is 0 Å². The number of hydrogen-bond donors (Lipinski definition) is 0. The summed E-state index contributed by atoms with van der Waals surface area (Å²) in [5, 5.41) is 1.06. The minimum absolute atomic E-state index is 0.0665. The second-order valence-electron chi connectivity index (χ2n) is 10.8. The smallest absolute Gasteiger partial charge is 0.410 e. The number of methoxy groups -OCH3 is 1. The molecule has 0 aromatic carbocycles. The number of carbonyl (C=O) groups excluding carboxylic acids is 2. The van der Waals surface area contributed by atoms with Gasteiger partial charge in [-0.05, 0) is 65.5 Å². The molecule has 1 saturated heterocycles. The fourth-order valence-electron chi connectivity index (χ4n) is 4.83. The Kier molecular flexibility index (Phi) is 8.20. The third-order valence-corrected chi connectivity index (χ3v) is 6.72. The van der Waals surface area contributed by atoms with Crippen molar-refractivity contribution < 1.29 is 23.8 Å². The van der Waals surface area contributed by atoms with Gasteiger partial charge in [0, 0.05) is 56.2 Å². The quantitative estimate of drug-likeness (QED) is 0.481. The van der Waals surface area contributed by atoms with E-state index in [-0.39, 0.29) is 24.5 Å². The minimum Gasteiger partial charge on any atom is -0.444 e. The fraction of sp³-hybridized carbons (Fsp3) is 0.667. The van der Waals surface area contributed by atoms with Gasteiger partial charge in [-0.2, -0.15) is 0 Å². The van der Waals surface area contributed by atoms with Gasteiger partial charge in [0.1, 0.15) is 11.2 Å². The predicted molar refractivity (Wildman–Crippen MR) is 137 cm³/mol. The average molecular weight is 501 g/mol. The van der Waals surface area contributed by atoms with Crippen molar-refractivity contribution in [3.63, 3.8) is 0 Å². The van der Waals surface area contributed by atoms with Crippen LogP contribution in [0.3, 0.4) is 0 Å². The van der Waals surface area contributed by atoms with Gasteiger partial charge in [-0.25, -0.2) is 9.78 Å². The summed E-state index contributed by atoms with van der Waals surface area (Å²) in [5.41, 5.74) is 1.44. The lowest BCUT2D eigenvalue weighted by molar-refractivity contribution is -0.151. The number of carbonyl (C=O) groups is 2. The number of fused-ring (bicyclic) bond motifs is 1. The second kappa shape index (κ2) is 11.2. The van der Waals surface area contributed by atoms with Crippen LogP contribution < -0.4 is 0 Å². The molecule has 9 nitrogen and oxygen atoms in total. The molecule has 1 aliphatic carbocycles. The van der Waals surface area contributed by atoms with Crippen molar-refractivity contribution in [1.29, 1.82) is 0 Å². The number of unbranched alkanes of at least 4 members (excludes halogenated alkanes) is 1. The molecule has 3 heterocycles. The molecule has 0 N–H and O–H groups in total. The normalized spacial score (nSPS) is 19.4. The van der Waals surface area contributed by atoms with Crippen molar-refractivity contribution in [3.8, 4) is 0 Å². The molecule has 198 valence electrons. The third-order valence-electron chi connectivity index (χ3n) is 6.72. The Hall–Kier alpha value is -2.65. The van der Waals surface area contributed by atoms with Gasteiger partial charge < -0.3 is 28.6 Å². The predicted octanol–water partition coefficient (Wildman–Crippen LogP) is 4.15. The van der Waals surface area contributed by atoms with Crippen molar-refractivity contribution in [1.82, 2.24) is 19.4 Å². The summed E-state index contributed by atoms with van der Waals surface area (Å²) in [7, 11) is 1.72. The van der Waals surface area contributed by atoms with Gasteiger partial charge in [0.05, 0.1) is 19.2 Å². The molecule has 36 heavy (non-hydrogen) atoms. The maximum absolute atomic E-state index is 13.8. The van der Waals surface area contributed by atoms with Gasteiger partial charge in [-0.15, -0.1) is 0 Å². The SMILES string of the molecule is COCCCCn1cc(C(C)N(C(=O)[C@H]2CN(C(=O)OC(C)(C)C)CCO2)C2CC2)c2cccnc21. The average Bonchev–Trinajstić information content (AvgIpc) is 3.61. The van der Waals surface area contributed by atoms with E-state index in [1.807, 2.05) is 37.9 Å². The number of morpholine rings is 1. The first-order valence-electron chi connectivity index (χ1n) is 13.0. The zero-order valence-electron chi connectivity index (χ0n) is 22.2. The molecule has 2 aromatic rings. The summed E-state index contributed by atoms with van der Waals surface area (Å²) < 4.78 is 18.8. The van der Waals surface area contributed by atoms with Crippen LogP contribution >= 0.6 is 0 Å². The summed E-state index contributed by atoms with van der Waals surface area (Å²) in [6.07, 6.45) is 6.78. The number of nitrogens with zero attached hydrogens (tertiary/aromatic N) is 4. The highest BCUT2D eigenvalue weighted by Crippen LogP contribution is 2.38. The molecule has 0 bridgehead atoms. The number of pyridine rings is 1. The molecule has 1 unspecified atom stereocenters. The first-order chi connectivity index (χ1) is 17.2. The van der Waals surface area contributed by atoms with Crippen molar-refractivity contribution in [3.05, 3.63) is 30.1 Å². The summed E-state index contributed by atoms with van der Waals surface area (Å²) in [6.45, 7) is 10.1. The third kappa shape index (κ3) is 6.18. The van der Waals surface area contributed by atoms with Gasteiger partial charge in [-0.3, -0.25) is 4.79 Å². The highest BCUT2D eigenvalue weighted by molar-refractivity contribution is 5.85. The van der Waals surface area contributed by atoms with Crippen LogP contribution in [0.15, 0.2) is 24.5 Å². The summed E-state index contributed by atoms with van der Waals surface area (Å²) in [6, 6.07) is 4.07. The van der Waals surface area contributed by atoms with E-state index in [4.69, 9.17) is 14.2 Å². The lowest BCUT2D eigenvalue weighted by Crippen LogP contribution is -2.54. The van der Waals surface area contributed by atoms with Gasteiger partial charge in [-0.1, -0.05) is 0 Å². The van der Waals surface area contributed by atoms with Crippen molar-refractivity contribution in [2.45, 2.75) is 83.7 Å². The molecule has 0 spiro atoms. The maximum Gasteiger partial charge on any atom is 0.410 e. The lowest BCUT2D eigenvalue weighted by atomic mass is 10.1. The molecule has 4 rings (SSSR count). The van der Waals surface area contributed by atoms with Crippen LogP contribution in [0.2, 0.25) is 0 Å². The van der Waals surface area contributed by atoms with Gasteiger partial charge in [0.2, 0.25) is 0 Å². The molecule has 9 heteroatoms. The van der Waals surface area contributed by atoms with Gasteiger partial charge in [0.15, 0.2) is 6.10 Å². The molecule has 2 fully saturated rings. The van der Waals surface area contributed by atoms with E-state index in [0.29, 0.717) is 13.2 Å². The highest BCUT2D eigenvalue weighted by atomic mass is 16.6. The molecule has 0 radical (unpaired) electrons. The Balaban J connectivity index is 1.53. The standard InChI is InChI=1S/C27H40N4O5/c1-19(22-17-29(13-6-7-15-34-5)24-21(22)9-8-12-28-24)31(20-10-11-20)25(32)23-18-30(14-16-35-23)26(33)36-27(2,3)4/h8-9,12,17,19-20,23H,6-7,10-11,13-16,18H2,1-5H3/t19?,23-/m1/s1. The molecular weight excluding hydrogens is 460 g/mol. The number of aromatic nitrogens is 2. The fourth-order valence-corrected chi connectivity index (χ4v) is 4.83. The molecule has 1 saturated carbocycles. The van der Waals surface area contributed by atoms with E-state index < -0.39 is 17.8 Å². The van der Waals surface area contributed by atoms with Gasteiger partial charge in [0.25, 0.3) is 5.91 Å². The van der Waals surface area contributed by atoms with Crippen molar-refractivity contribution in [2.75, 3.05) is 33.4 Å². The first-order valence-corrected chi connectivity index (χ1v) is 13.0. The lowest BCUT2D eigenvalue weighted by Gasteiger charge is -2.37. The van der Waals surface area contributed by atoms with Crippen LogP contribution in [0.25, 0.3) is 11.0 Å². The first kappa shape index (κ1) is 26.4. The van der Waals surface area contributed by atoms with Crippen LogP contribution in [0, 0.1) is 0 Å². The molecule has 1 aliphatic heterocycles. The summed E-state index contributed by atoms with van der Waals surface area (Å²) in [4.78, 5) is 34.7. The van der Waals surface area contributed by atoms with Crippen LogP contribution in [-0.2, 0) is 25.5 Å². The summed E-state index contributed by atoms with van der Waals surface area (Å²) >= 11 is 0. The largest absolute Gasteiger partial charge is 0.444 e. The number of amides is 2. The van der Waals surface area contributed by atoms with Crippen LogP contribution in [0.4, 0.5) is 4.79 Å². The number of hydrogen-bond acceptors (Lipinski definition) is 6. The molecule has 2 amide bonds. The van der Waals surface area contributed by atoms with Crippen LogP contribution in [0.5, 0.6) is 0 Å². The Morgan fingerprint density at radius 2 is 2.06 bits per heavy atom. The summed E-state index contributed by atoms with van der Waals surface area (Å²) in [5.74, 6) is -0.0665. The van der Waals surface area contributed by atoms with E-state index in [1.54, 1.807) is 12.0 Å². The second-order valence-corrected chi connectivity index (χ2v) is 10.8. The van der Waals surface area contributed by atoms with Gasteiger partial charge >= 0.3 is 6.09 Å². The Morgan fingerprint density at radius 1 is 1.28 bits per heavy atom. The molecule has 2 aromatic heterocycles. The molecule has 2 aliphatic rings. The number of aryl methyl sites for hydroxylation is 1. The Morgan fingerprint density at radius 3 is 2.75 bits per heavy atom. The molecular formula is C27H40N4O5. The van der Waals surface area contributed by atoms with Crippen LogP contribution in [0.1, 0.15) is 65.0 Å². The monoisotopic (exact) mass is 500 g/mol. The Bertz CT molecular complexity index is 1060. The van der Waals surface area contributed by atoms with E-state index in [0.717, 1.165) is 55.4 Å². The molecule has 2 atom stereocenters. The topological polar surface area (TPSA) is 86.1 Å². The zero-order chi connectivity index (χ0) is 25.9. The van der Waals surface area contributed by atoms with Crippen molar-refractivity contribution >= 4 is 23.0 Å². The zero-order valence-corrected chi connectivity index (χ0v) is 22.2. The minimum atomic E-state index is -0.699.